The van der Waals surface area contributed by atoms with Gasteiger partial charge in [-0.15, -0.1) is 0 Å². The highest BCUT2D eigenvalue weighted by molar-refractivity contribution is 8.20. The van der Waals surface area contributed by atoms with Crippen LogP contribution in [0.2, 0.25) is 0 Å². The number of thioether (sulfide) groups is 2. The maximum Gasteiger partial charge on any atom is 0.289 e. The van der Waals surface area contributed by atoms with Crippen molar-refractivity contribution in [3.63, 3.8) is 0 Å². The number of rotatable bonds is 3. The Balaban J connectivity index is 1.60. The van der Waals surface area contributed by atoms with Crippen molar-refractivity contribution in [1.82, 2.24) is 4.57 Å². The Morgan fingerprint density at radius 2 is 1.08 bits per heavy atom. The summed E-state index contributed by atoms with van der Waals surface area (Å²) in [5.41, 5.74) is 5.78. The topological polar surface area (TPSA) is 33.5 Å². The van der Waals surface area contributed by atoms with Crippen LogP contribution >= 0.6 is 23.5 Å². The minimum Gasteiger partial charge on any atom is -0.240 e. The summed E-state index contributed by atoms with van der Waals surface area (Å²) in [6.07, 6.45) is 0. The zero-order valence-electron chi connectivity index (χ0n) is 21.3. The van der Waals surface area contributed by atoms with Crippen molar-refractivity contribution in [3.8, 4) is 11.4 Å². The molecule has 0 bridgehead atoms. The van der Waals surface area contributed by atoms with Crippen molar-refractivity contribution in [1.29, 1.82) is 0 Å². The van der Waals surface area contributed by atoms with Crippen molar-refractivity contribution in [2.75, 3.05) is 0 Å². The number of nitrogens with zero attached hydrogens (tertiary/aromatic N) is 4. The summed E-state index contributed by atoms with van der Waals surface area (Å²) in [6.45, 7) is 4.72. The number of imidazole rings is 1. The first kappa shape index (κ1) is 22.8. The Morgan fingerprint density at radius 3 is 1.59 bits per heavy atom. The van der Waals surface area contributed by atoms with Crippen molar-refractivity contribution in [3.05, 3.63) is 113 Å². The summed E-state index contributed by atoms with van der Waals surface area (Å²) in [7, 11) is 4.34. The van der Waals surface area contributed by atoms with Gasteiger partial charge in [-0.2, -0.15) is 0 Å². The van der Waals surface area contributed by atoms with Gasteiger partial charge >= 0.3 is 0 Å². The van der Waals surface area contributed by atoms with E-state index >= 15 is 0 Å². The number of benzene rings is 3. The van der Waals surface area contributed by atoms with E-state index in [9.17, 15) is 0 Å². The van der Waals surface area contributed by atoms with Crippen LogP contribution in [-0.2, 0) is 14.1 Å². The lowest BCUT2D eigenvalue weighted by molar-refractivity contribution is -0.673. The normalized spacial score (nSPS) is 23.9. The fraction of sp³-hybridized carbons (Fsp3) is 0.194. The molecule has 1 aliphatic carbocycles. The molecule has 0 unspecified atom stereocenters. The predicted octanol–water partition coefficient (Wildman–Crippen LogP) is 4.65. The van der Waals surface area contributed by atoms with Crippen LogP contribution in [0.5, 0.6) is 0 Å². The number of fused-ring (bicyclic) bond motifs is 4. The van der Waals surface area contributed by atoms with Crippen LogP contribution in [0.1, 0.15) is 25.0 Å². The molecule has 4 aromatic rings. The van der Waals surface area contributed by atoms with E-state index in [0.717, 1.165) is 49.1 Å². The average molecular weight is 520 g/mol. The highest BCUT2D eigenvalue weighted by atomic mass is 32.2. The van der Waals surface area contributed by atoms with Crippen LogP contribution in [0.4, 0.5) is 0 Å². The van der Waals surface area contributed by atoms with Gasteiger partial charge in [0.25, 0.3) is 5.82 Å². The molecule has 0 amide bonds. The van der Waals surface area contributed by atoms with Gasteiger partial charge in [-0.1, -0.05) is 102 Å². The van der Waals surface area contributed by atoms with E-state index < -0.39 is 0 Å². The highest BCUT2D eigenvalue weighted by Gasteiger charge is 2.62. The van der Waals surface area contributed by atoms with E-state index in [1.54, 1.807) is 0 Å². The molecule has 2 atom stereocenters. The first-order valence-corrected chi connectivity index (χ1v) is 14.1. The van der Waals surface area contributed by atoms with Crippen LogP contribution in [0.3, 0.4) is 0 Å². The molecule has 37 heavy (non-hydrogen) atoms. The lowest BCUT2D eigenvalue weighted by Gasteiger charge is -2.40. The Hall–Kier alpha value is -3.35. The Morgan fingerprint density at radius 1 is 0.649 bits per heavy atom. The smallest absolute Gasteiger partial charge is 0.240 e. The Kier molecular flexibility index (Phi) is 4.98. The molecule has 0 spiro atoms. The van der Waals surface area contributed by atoms with E-state index in [2.05, 4.69) is 128 Å². The largest absolute Gasteiger partial charge is 0.289 e. The summed E-state index contributed by atoms with van der Waals surface area (Å²) in [5, 5.41) is 4.47. The molecule has 0 N–H and O–H groups in total. The second-order valence-corrected chi connectivity index (χ2v) is 12.9. The standard InChI is InChI=1S/C31H27N4S2/c1-30-25(32-27(36-30)20-14-8-5-9-15-20)23-24(35(4)29(34(23)3)22-18-12-7-13-19-22)26-31(30,2)37-28(33-26)21-16-10-6-11-17-21/h5-19H,1-4H3/q+1/t30-,31-/m1/s1. The van der Waals surface area contributed by atoms with Crippen LogP contribution in [0, 0.1) is 0 Å². The molecule has 3 aromatic carbocycles. The number of aromatic nitrogens is 2. The third-order valence-corrected chi connectivity index (χ3v) is 11.1. The SMILES string of the molecule is Cn1c(-c2ccccc2)[n+](C)c2c1=C1N=C(c3ccccc3)S[C@@]1(C)[C@]1(C)SC(c3ccccc3)=NC=21. The summed E-state index contributed by atoms with van der Waals surface area (Å²) in [4.78, 5) is 10.8. The summed E-state index contributed by atoms with van der Waals surface area (Å²) in [5.74, 6) is 1.15. The van der Waals surface area contributed by atoms with Gasteiger partial charge in [0.2, 0.25) is 0 Å². The van der Waals surface area contributed by atoms with Gasteiger partial charge < -0.3 is 0 Å². The lowest BCUT2D eigenvalue weighted by Crippen LogP contribution is -2.61. The van der Waals surface area contributed by atoms with E-state index in [1.165, 1.54) is 5.56 Å². The zero-order chi connectivity index (χ0) is 25.4. The summed E-state index contributed by atoms with van der Waals surface area (Å²) < 4.78 is 4.06. The van der Waals surface area contributed by atoms with Gasteiger partial charge in [-0.05, 0) is 26.0 Å². The molecule has 6 heteroatoms. The molecule has 0 saturated carbocycles. The molecule has 0 radical (unpaired) electrons. The Bertz CT molecular complexity index is 1640. The van der Waals surface area contributed by atoms with E-state index in [1.807, 2.05) is 23.5 Å². The van der Waals surface area contributed by atoms with Gasteiger partial charge in [0, 0.05) is 11.1 Å². The third-order valence-electron chi connectivity index (χ3n) is 7.90. The molecule has 2 aliphatic heterocycles. The molecule has 4 nitrogen and oxygen atoms in total. The zero-order valence-corrected chi connectivity index (χ0v) is 22.9. The molecule has 7 rings (SSSR count). The molecule has 3 heterocycles. The second-order valence-electron chi connectivity index (χ2n) is 10.0. The molecule has 3 aliphatic rings. The van der Waals surface area contributed by atoms with Crippen LogP contribution in [0.15, 0.2) is 101 Å². The molecule has 0 saturated heterocycles. The number of hydrogen-bond acceptors (Lipinski definition) is 4. The average Bonchev–Trinajstić information content (AvgIpc) is 3.56. The summed E-state index contributed by atoms with van der Waals surface area (Å²) >= 11 is 3.76. The number of aliphatic imine (C=N–C) groups is 2. The van der Waals surface area contributed by atoms with Crippen LogP contribution < -0.4 is 15.3 Å². The van der Waals surface area contributed by atoms with Gasteiger partial charge in [0.15, 0.2) is 10.7 Å². The monoisotopic (exact) mass is 519 g/mol. The summed E-state index contributed by atoms with van der Waals surface area (Å²) in [6, 6.07) is 31.8. The lowest BCUT2D eigenvalue weighted by atomic mass is 9.84. The van der Waals surface area contributed by atoms with Crippen molar-refractivity contribution >= 4 is 45.0 Å². The fourth-order valence-corrected chi connectivity index (χ4v) is 8.70. The van der Waals surface area contributed by atoms with Gasteiger partial charge in [-0.3, -0.25) is 0 Å². The highest BCUT2D eigenvalue weighted by Crippen LogP contribution is 2.61. The van der Waals surface area contributed by atoms with Crippen molar-refractivity contribution < 1.29 is 4.57 Å². The van der Waals surface area contributed by atoms with Crippen molar-refractivity contribution in [2.24, 2.45) is 24.1 Å². The maximum atomic E-state index is 5.39. The van der Waals surface area contributed by atoms with Crippen LogP contribution in [-0.4, -0.2) is 24.1 Å². The van der Waals surface area contributed by atoms with Gasteiger partial charge in [0.1, 0.15) is 21.5 Å². The maximum absolute atomic E-state index is 5.39. The molecule has 0 fully saturated rings. The first-order chi connectivity index (χ1) is 17.9. The Labute approximate surface area is 225 Å². The molecular weight excluding hydrogens is 493 g/mol. The minimum atomic E-state index is -0.293. The van der Waals surface area contributed by atoms with Gasteiger partial charge in [-0.25, -0.2) is 19.1 Å². The van der Waals surface area contributed by atoms with E-state index in [0.29, 0.717) is 0 Å². The number of hydrogen-bond donors (Lipinski definition) is 0. The molecule has 1 aromatic heterocycles. The predicted molar refractivity (Wildman–Crippen MR) is 156 cm³/mol. The third kappa shape index (κ3) is 3.09. The van der Waals surface area contributed by atoms with Crippen LogP contribution in [0.25, 0.3) is 22.8 Å². The first-order valence-electron chi connectivity index (χ1n) is 12.5. The molecule has 182 valence electrons. The van der Waals surface area contributed by atoms with E-state index in [-0.39, 0.29) is 9.49 Å². The fourth-order valence-electron chi connectivity index (χ4n) is 5.83. The quantitative estimate of drug-likeness (QED) is 0.369. The second kappa shape index (κ2) is 8.07. The van der Waals surface area contributed by atoms with Crippen molar-refractivity contribution in [2.45, 2.75) is 23.3 Å². The molecular formula is C31H27N4S2+. The minimum absolute atomic E-state index is 0.293. The van der Waals surface area contributed by atoms with E-state index in [4.69, 9.17) is 9.98 Å². The van der Waals surface area contributed by atoms with Gasteiger partial charge in [0.05, 0.1) is 29.2 Å².